The fourth-order valence-corrected chi connectivity index (χ4v) is 5.30. The summed E-state index contributed by atoms with van der Waals surface area (Å²) < 4.78 is 33.2. The number of hydrogen-bond donors (Lipinski definition) is 2. The average Bonchev–Trinajstić information content (AvgIpc) is 2.78. The lowest BCUT2D eigenvalue weighted by atomic mass is 9.97. The highest BCUT2D eigenvalue weighted by atomic mass is 32.2. The summed E-state index contributed by atoms with van der Waals surface area (Å²) in [5.74, 6) is -0.214. The van der Waals surface area contributed by atoms with Crippen molar-refractivity contribution in [3.05, 3.63) is 76.6 Å². The molecule has 1 atom stereocenters. The predicted octanol–water partition coefficient (Wildman–Crippen LogP) is 2.90. The molecule has 0 bridgehead atoms. The molecule has 33 heavy (non-hydrogen) atoms. The van der Waals surface area contributed by atoms with E-state index < -0.39 is 15.4 Å². The van der Waals surface area contributed by atoms with Crippen LogP contribution in [0.1, 0.15) is 48.9 Å². The van der Waals surface area contributed by atoms with Crippen LogP contribution in [0.2, 0.25) is 0 Å². The molecule has 2 heterocycles. The first-order valence-electron chi connectivity index (χ1n) is 11.4. The first-order valence-corrected chi connectivity index (χ1v) is 12.9. The smallest absolute Gasteiger partial charge is 0.306 e. The first kappa shape index (κ1) is 25.1. The van der Waals surface area contributed by atoms with Crippen molar-refractivity contribution in [2.24, 2.45) is 0 Å². The molecule has 1 unspecified atom stereocenters. The van der Waals surface area contributed by atoms with E-state index >= 15 is 0 Å². The number of rotatable bonds is 11. The van der Waals surface area contributed by atoms with Crippen LogP contribution in [0.3, 0.4) is 0 Å². The lowest BCUT2D eigenvalue weighted by Crippen LogP contribution is -2.46. The Morgan fingerprint density at radius 3 is 2.64 bits per heavy atom. The van der Waals surface area contributed by atoms with E-state index in [-0.39, 0.29) is 5.97 Å². The molecule has 0 amide bonds. The van der Waals surface area contributed by atoms with E-state index in [1.54, 1.807) is 13.1 Å². The van der Waals surface area contributed by atoms with Gasteiger partial charge in [0, 0.05) is 31.9 Å². The highest BCUT2D eigenvalue weighted by Crippen LogP contribution is 2.17. The lowest BCUT2D eigenvalue weighted by molar-refractivity contribution is -0.143. The Kier molecular flexibility index (Phi) is 9.17. The van der Waals surface area contributed by atoms with Crippen LogP contribution in [-0.4, -0.2) is 44.4 Å². The summed E-state index contributed by atoms with van der Waals surface area (Å²) in [5.41, 5.74) is 5.36. The second kappa shape index (κ2) is 12.1. The Labute approximate surface area is 196 Å². The molecule has 8 heteroatoms. The van der Waals surface area contributed by atoms with E-state index in [9.17, 15) is 13.2 Å². The number of benzene rings is 1. The molecule has 1 aromatic heterocycles. The second-order valence-electron chi connectivity index (χ2n) is 8.34. The summed E-state index contributed by atoms with van der Waals surface area (Å²) in [4.78, 5) is 16.0. The number of pyridine rings is 1. The summed E-state index contributed by atoms with van der Waals surface area (Å²) >= 11 is 0. The fourth-order valence-electron chi connectivity index (χ4n) is 3.92. The van der Waals surface area contributed by atoms with Gasteiger partial charge in [-0.25, -0.2) is 13.1 Å². The summed E-state index contributed by atoms with van der Waals surface area (Å²) in [7, 11) is -3.45. The minimum absolute atomic E-state index is 0.214. The zero-order valence-corrected chi connectivity index (χ0v) is 20.2. The van der Waals surface area contributed by atoms with E-state index in [2.05, 4.69) is 27.2 Å². The van der Waals surface area contributed by atoms with Crippen molar-refractivity contribution in [2.75, 3.05) is 19.7 Å². The summed E-state index contributed by atoms with van der Waals surface area (Å²) in [6, 6.07) is 10.2. The third kappa shape index (κ3) is 8.07. The Bertz CT molecular complexity index is 1070. The van der Waals surface area contributed by atoms with E-state index in [0.29, 0.717) is 45.4 Å². The normalized spacial score (nSPS) is 16.3. The van der Waals surface area contributed by atoms with Crippen LogP contribution < -0.4 is 10.0 Å². The van der Waals surface area contributed by atoms with Gasteiger partial charge in [-0.1, -0.05) is 35.9 Å². The third-order valence-corrected chi connectivity index (χ3v) is 7.25. The number of nitrogens with zero attached hydrogens (tertiary/aromatic N) is 1. The van der Waals surface area contributed by atoms with Gasteiger partial charge < -0.3 is 4.74 Å². The Morgan fingerprint density at radius 1 is 1.18 bits per heavy atom. The van der Waals surface area contributed by atoms with Crippen LogP contribution in [-0.2, 0) is 38.8 Å². The van der Waals surface area contributed by atoms with Crippen LogP contribution in [0.25, 0.3) is 0 Å². The zero-order valence-electron chi connectivity index (χ0n) is 19.3. The molecule has 1 aliphatic heterocycles. The predicted molar refractivity (Wildman–Crippen MR) is 129 cm³/mol. The number of carbonyl (C=O) groups excluding carboxylic acids is 1. The van der Waals surface area contributed by atoms with Gasteiger partial charge in [-0.3, -0.25) is 15.1 Å². The first-order chi connectivity index (χ1) is 15.9. The number of aromatic nitrogens is 1. The molecule has 1 aromatic carbocycles. The number of esters is 1. The van der Waals surface area contributed by atoms with Crippen LogP contribution >= 0.6 is 0 Å². The summed E-state index contributed by atoms with van der Waals surface area (Å²) in [6.07, 6.45) is 8.27. The second-order valence-corrected chi connectivity index (χ2v) is 10.3. The van der Waals surface area contributed by atoms with Gasteiger partial charge in [-0.05, 0) is 67.9 Å². The molecule has 7 nitrogen and oxygen atoms in total. The lowest BCUT2D eigenvalue weighted by Gasteiger charge is -2.23. The monoisotopic (exact) mass is 471 g/mol. The largest absolute Gasteiger partial charge is 0.466 e. The summed E-state index contributed by atoms with van der Waals surface area (Å²) in [5, 5.41) is 2.45. The van der Waals surface area contributed by atoms with Crippen molar-refractivity contribution in [2.45, 2.75) is 51.3 Å². The van der Waals surface area contributed by atoms with Gasteiger partial charge in [0.15, 0.2) is 0 Å². The van der Waals surface area contributed by atoms with Crippen molar-refractivity contribution in [3.8, 4) is 0 Å². The van der Waals surface area contributed by atoms with Crippen molar-refractivity contribution in [1.82, 2.24) is 15.0 Å². The van der Waals surface area contributed by atoms with Crippen LogP contribution in [0.5, 0.6) is 0 Å². The molecule has 178 valence electrons. The van der Waals surface area contributed by atoms with Crippen molar-refractivity contribution in [3.63, 3.8) is 0 Å². The Balaban J connectivity index is 1.68. The van der Waals surface area contributed by atoms with Gasteiger partial charge in [0.05, 0.1) is 6.61 Å². The number of carbonyl (C=O) groups is 1. The quantitative estimate of drug-likeness (QED) is 0.386. The van der Waals surface area contributed by atoms with Gasteiger partial charge >= 0.3 is 5.97 Å². The molecular weight excluding hydrogens is 438 g/mol. The van der Waals surface area contributed by atoms with Crippen molar-refractivity contribution in [1.29, 1.82) is 0 Å². The molecule has 0 radical (unpaired) electrons. The van der Waals surface area contributed by atoms with Gasteiger partial charge in [0.25, 0.3) is 0 Å². The fraction of sp³-hybridized carbons (Fsp3) is 0.440. The highest BCUT2D eigenvalue weighted by Gasteiger charge is 2.26. The number of aryl methyl sites for hydroxylation is 1. The maximum Gasteiger partial charge on any atom is 0.306 e. The van der Waals surface area contributed by atoms with Gasteiger partial charge in [-0.2, -0.15) is 0 Å². The molecular formula is C25H33N3O4S. The van der Waals surface area contributed by atoms with E-state index in [4.69, 9.17) is 4.74 Å². The zero-order chi connectivity index (χ0) is 23.7. The molecule has 0 saturated carbocycles. The summed E-state index contributed by atoms with van der Waals surface area (Å²) in [6.45, 7) is 5.01. The number of nitrogens with one attached hydrogen (secondary N) is 2. The van der Waals surface area contributed by atoms with Crippen molar-refractivity contribution >= 4 is 16.0 Å². The minimum atomic E-state index is -3.45. The SMILES string of the molecule is CCOC(=O)CCc1cc(CCNS(=O)(=O)C2CC(C)=CCN2)cc(Cc2cccnc2)c1. The molecule has 0 aliphatic carbocycles. The Hall–Kier alpha value is -2.55. The molecule has 3 rings (SSSR count). The Morgan fingerprint density at radius 2 is 1.94 bits per heavy atom. The van der Waals surface area contributed by atoms with Gasteiger partial charge in [0.2, 0.25) is 10.0 Å². The topological polar surface area (TPSA) is 97.4 Å². The average molecular weight is 472 g/mol. The molecule has 1 aliphatic rings. The van der Waals surface area contributed by atoms with Gasteiger partial charge in [0.1, 0.15) is 5.37 Å². The minimum Gasteiger partial charge on any atom is -0.466 e. The highest BCUT2D eigenvalue weighted by molar-refractivity contribution is 7.90. The van der Waals surface area contributed by atoms with Crippen LogP contribution in [0.15, 0.2) is 54.4 Å². The van der Waals surface area contributed by atoms with E-state index in [0.717, 1.165) is 34.2 Å². The van der Waals surface area contributed by atoms with Gasteiger partial charge in [-0.15, -0.1) is 0 Å². The maximum atomic E-state index is 12.7. The number of ether oxygens (including phenoxy) is 1. The van der Waals surface area contributed by atoms with Crippen LogP contribution in [0, 0.1) is 0 Å². The molecule has 2 aromatic rings. The van der Waals surface area contributed by atoms with Crippen LogP contribution in [0.4, 0.5) is 0 Å². The molecule has 0 fully saturated rings. The molecule has 0 saturated heterocycles. The van der Waals surface area contributed by atoms with Crippen molar-refractivity contribution < 1.29 is 17.9 Å². The number of sulfonamides is 1. The standard InChI is InChI=1S/C25H33N3O4S/c1-3-32-25(29)7-6-20-14-21(16-23(15-20)17-22-5-4-10-26-18-22)9-12-28-33(30,31)24-13-19(2)8-11-27-24/h4-5,8,10,14-16,18,24,27-28H,3,6-7,9,11-13,17H2,1-2H3. The maximum absolute atomic E-state index is 12.7. The third-order valence-electron chi connectivity index (χ3n) is 5.56. The van der Waals surface area contributed by atoms with E-state index in [1.807, 2.05) is 37.4 Å². The molecule has 0 spiro atoms. The van der Waals surface area contributed by atoms with E-state index in [1.165, 1.54) is 0 Å². The number of hydrogen-bond acceptors (Lipinski definition) is 6. The molecule has 2 N–H and O–H groups in total.